The molecule has 0 saturated heterocycles. The van der Waals surface area contributed by atoms with Crippen molar-refractivity contribution in [3.63, 3.8) is 0 Å². The highest BCUT2D eigenvalue weighted by Gasteiger charge is 2.19. The maximum absolute atomic E-state index is 12.4. The number of nitrogens with zero attached hydrogens (tertiary/aromatic N) is 1. The number of carbonyl (C=O) groups excluding carboxylic acids is 2. The van der Waals surface area contributed by atoms with E-state index in [-0.39, 0.29) is 17.7 Å². The first kappa shape index (κ1) is 18.2. The summed E-state index contributed by atoms with van der Waals surface area (Å²) in [7, 11) is 1.88. The molecule has 2 aromatic carbocycles. The third-order valence-corrected chi connectivity index (χ3v) is 4.35. The molecular formula is C19H21ClN2O2. The molecule has 24 heavy (non-hydrogen) atoms. The number of hydrogen-bond donors (Lipinski definition) is 1. The van der Waals surface area contributed by atoms with E-state index in [1.54, 1.807) is 24.3 Å². The van der Waals surface area contributed by atoms with Crippen LogP contribution in [0.1, 0.15) is 29.8 Å². The molecule has 0 aliphatic carbocycles. The average Bonchev–Trinajstić information content (AvgIpc) is 2.56. The van der Waals surface area contributed by atoms with E-state index in [0.717, 1.165) is 5.56 Å². The fourth-order valence-corrected chi connectivity index (χ4v) is 2.46. The van der Waals surface area contributed by atoms with Gasteiger partial charge in [0.2, 0.25) is 5.91 Å². The number of benzene rings is 2. The molecule has 5 heteroatoms. The van der Waals surface area contributed by atoms with Crippen molar-refractivity contribution in [2.24, 2.45) is 0 Å². The largest absolute Gasteiger partial charge is 0.325 e. The van der Waals surface area contributed by atoms with Crippen LogP contribution in [0.4, 0.5) is 5.69 Å². The lowest BCUT2D eigenvalue weighted by molar-refractivity contribution is -0.120. The molecular weight excluding hydrogens is 324 g/mol. The van der Waals surface area contributed by atoms with Crippen molar-refractivity contribution in [1.29, 1.82) is 0 Å². The summed E-state index contributed by atoms with van der Waals surface area (Å²) in [5, 5.41) is 3.56. The first-order valence-corrected chi connectivity index (χ1v) is 8.12. The molecule has 2 rings (SSSR count). The number of anilines is 1. The first-order valence-electron chi connectivity index (χ1n) is 7.74. The zero-order valence-corrected chi connectivity index (χ0v) is 14.8. The summed E-state index contributed by atoms with van der Waals surface area (Å²) in [5.41, 5.74) is 2.27. The number of hydrogen-bond acceptors (Lipinski definition) is 3. The fraction of sp³-hybridized carbons (Fsp3) is 0.263. The zero-order valence-electron chi connectivity index (χ0n) is 14.0. The van der Waals surface area contributed by atoms with E-state index >= 15 is 0 Å². The Morgan fingerprint density at radius 3 is 2.33 bits per heavy atom. The summed E-state index contributed by atoms with van der Waals surface area (Å²) in [4.78, 5) is 25.6. The fourth-order valence-electron chi connectivity index (χ4n) is 2.27. The Morgan fingerprint density at radius 2 is 1.75 bits per heavy atom. The van der Waals surface area contributed by atoms with Crippen LogP contribution in [0.3, 0.4) is 0 Å². The average molecular weight is 345 g/mol. The van der Waals surface area contributed by atoms with E-state index in [9.17, 15) is 9.59 Å². The van der Waals surface area contributed by atoms with Crippen molar-refractivity contribution in [2.45, 2.75) is 26.4 Å². The van der Waals surface area contributed by atoms with Crippen LogP contribution in [-0.4, -0.2) is 29.7 Å². The summed E-state index contributed by atoms with van der Waals surface area (Å²) in [5.74, 6) is -0.110. The van der Waals surface area contributed by atoms with E-state index in [4.69, 9.17) is 11.6 Å². The van der Waals surface area contributed by atoms with Crippen molar-refractivity contribution in [1.82, 2.24) is 4.90 Å². The van der Waals surface area contributed by atoms with Gasteiger partial charge in [0.1, 0.15) is 0 Å². The van der Waals surface area contributed by atoms with Crippen molar-refractivity contribution in [3.8, 4) is 0 Å². The molecule has 126 valence electrons. The number of halogens is 1. The zero-order chi connectivity index (χ0) is 17.7. The minimum absolute atomic E-state index is 0.000665. The molecule has 0 unspecified atom stereocenters. The van der Waals surface area contributed by atoms with Crippen LogP contribution < -0.4 is 5.32 Å². The van der Waals surface area contributed by atoms with Gasteiger partial charge in [-0.2, -0.15) is 0 Å². The topological polar surface area (TPSA) is 49.4 Å². The standard InChI is InChI=1S/C19H21ClN2O2/c1-13(22(3)12-16-6-4-5-7-18(16)20)19(24)21-17-10-8-15(9-11-17)14(2)23/h4-11,13H,12H2,1-3H3,(H,21,24)/t13-/m0/s1. The van der Waals surface area contributed by atoms with Gasteiger partial charge in [-0.1, -0.05) is 29.8 Å². The molecule has 0 spiro atoms. The summed E-state index contributed by atoms with van der Waals surface area (Å²) >= 11 is 6.17. The smallest absolute Gasteiger partial charge is 0.241 e. The van der Waals surface area contributed by atoms with Crippen LogP contribution in [0.2, 0.25) is 5.02 Å². The maximum Gasteiger partial charge on any atom is 0.241 e. The number of carbonyl (C=O) groups is 2. The molecule has 0 aliphatic rings. The van der Waals surface area contributed by atoms with Crippen molar-refractivity contribution in [2.75, 3.05) is 12.4 Å². The molecule has 1 atom stereocenters. The second-order valence-electron chi connectivity index (χ2n) is 5.81. The van der Waals surface area contributed by atoms with Crippen molar-refractivity contribution < 1.29 is 9.59 Å². The number of likely N-dealkylation sites (N-methyl/N-ethyl adjacent to an activating group) is 1. The van der Waals surface area contributed by atoms with E-state index in [1.807, 2.05) is 43.1 Å². The van der Waals surface area contributed by atoms with Crippen LogP contribution in [0.25, 0.3) is 0 Å². The molecule has 2 aromatic rings. The monoisotopic (exact) mass is 344 g/mol. The molecule has 1 amide bonds. The molecule has 1 N–H and O–H groups in total. The Labute approximate surface area is 147 Å². The minimum atomic E-state index is -0.325. The van der Waals surface area contributed by atoms with E-state index in [2.05, 4.69) is 5.32 Å². The van der Waals surface area contributed by atoms with Crippen LogP contribution in [0, 0.1) is 0 Å². The van der Waals surface area contributed by atoms with Crippen molar-refractivity contribution in [3.05, 3.63) is 64.7 Å². The van der Waals surface area contributed by atoms with Gasteiger partial charge in [0, 0.05) is 22.8 Å². The number of rotatable bonds is 6. The van der Waals surface area contributed by atoms with Crippen LogP contribution in [-0.2, 0) is 11.3 Å². The van der Waals surface area contributed by atoms with Gasteiger partial charge in [-0.25, -0.2) is 0 Å². The molecule has 0 saturated carbocycles. The summed E-state index contributed by atoms with van der Waals surface area (Å²) in [6.07, 6.45) is 0. The van der Waals surface area contributed by atoms with Gasteiger partial charge in [0.25, 0.3) is 0 Å². The molecule has 0 heterocycles. The number of nitrogens with one attached hydrogen (secondary N) is 1. The highest BCUT2D eigenvalue weighted by atomic mass is 35.5. The summed E-state index contributed by atoms with van der Waals surface area (Å²) in [6, 6.07) is 14.1. The normalized spacial score (nSPS) is 12.0. The van der Waals surface area contributed by atoms with Gasteiger partial charge in [-0.05, 0) is 56.8 Å². The van der Waals surface area contributed by atoms with Crippen LogP contribution in [0.15, 0.2) is 48.5 Å². The van der Waals surface area contributed by atoms with Gasteiger partial charge >= 0.3 is 0 Å². The van der Waals surface area contributed by atoms with E-state index in [1.165, 1.54) is 6.92 Å². The Kier molecular flexibility index (Phi) is 6.12. The summed E-state index contributed by atoms with van der Waals surface area (Å²) < 4.78 is 0. The molecule has 4 nitrogen and oxygen atoms in total. The Bertz CT molecular complexity index is 728. The lowest BCUT2D eigenvalue weighted by Gasteiger charge is -2.24. The number of ketones is 1. The number of Topliss-reactive ketones (excluding diaryl/α,β-unsaturated/α-hetero) is 1. The molecule has 0 aromatic heterocycles. The molecule has 0 radical (unpaired) electrons. The predicted molar refractivity (Wildman–Crippen MR) is 97.5 cm³/mol. The maximum atomic E-state index is 12.4. The minimum Gasteiger partial charge on any atom is -0.325 e. The summed E-state index contributed by atoms with van der Waals surface area (Å²) in [6.45, 7) is 3.94. The Morgan fingerprint density at radius 1 is 1.12 bits per heavy atom. The lowest BCUT2D eigenvalue weighted by atomic mass is 10.1. The number of amides is 1. The predicted octanol–water partition coefficient (Wildman–Crippen LogP) is 4.00. The third kappa shape index (κ3) is 4.66. The second kappa shape index (κ2) is 8.08. The van der Waals surface area contributed by atoms with Crippen molar-refractivity contribution >= 4 is 29.0 Å². The van der Waals surface area contributed by atoms with Gasteiger partial charge in [0.05, 0.1) is 6.04 Å². The van der Waals surface area contributed by atoms with Gasteiger partial charge in [0.15, 0.2) is 5.78 Å². The molecule has 0 bridgehead atoms. The molecule has 0 aliphatic heterocycles. The van der Waals surface area contributed by atoms with Gasteiger partial charge in [-0.15, -0.1) is 0 Å². The Hall–Kier alpha value is -2.17. The lowest BCUT2D eigenvalue weighted by Crippen LogP contribution is -2.39. The quantitative estimate of drug-likeness (QED) is 0.806. The van der Waals surface area contributed by atoms with Gasteiger partial charge in [-0.3, -0.25) is 14.5 Å². The highest BCUT2D eigenvalue weighted by Crippen LogP contribution is 2.18. The first-order chi connectivity index (χ1) is 11.4. The Balaban J connectivity index is 1.98. The molecule has 0 fully saturated rings. The van der Waals surface area contributed by atoms with Gasteiger partial charge < -0.3 is 5.32 Å². The third-order valence-electron chi connectivity index (χ3n) is 3.98. The van der Waals surface area contributed by atoms with E-state index < -0.39 is 0 Å². The SMILES string of the molecule is CC(=O)c1ccc(NC(=O)[C@H](C)N(C)Cc2ccccc2Cl)cc1. The highest BCUT2D eigenvalue weighted by molar-refractivity contribution is 6.31. The van der Waals surface area contributed by atoms with Crippen LogP contribution in [0.5, 0.6) is 0 Å². The van der Waals surface area contributed by atoms with E-state index in [0.29, 0.717) is 22.8 Å². The second-order valence-corrected chi connectivity index (χ2v) is 6.21. The van der Waals surface area contributed by atoms with Crippen LogP contribution >= 0.6 is 11.6 Å².